The molecule has 4 rings (SSSR count). The molecule has 0 saturated carbocycles. The quantitative estimate of drug-likeness (QED) is 0.291. The molecule has 0 amide bonds. The normalized spacial score (nSPS) is 13.5. The van der Waals surface area contributed by atoms with Crippen molar-refractivity contribution in [2.75, 3.05) is 0 Å². The van der Waals surface area contributed by atoms with Crippen molar-refractivity contribution in [2.24, 2.45) is 0 Å². The van der Waals surface area contributed by atoms with Crippen LogP contribution in [0, 0.1) is 12.1 Å². The zero-order chi connectivity index (χ0) is 25.9. The van der Waals surface area contributed by atoms with Crippen LogP contribution in [-0.2, 0) is 41.5 Å². The second-order valence-electron chi connectivity index (χ2n) is 12.8. The molecule has 0 nitrogen and oxygen atoms in total. The Balaban J connectivity index is 0.000000686. The Bertz CT molecular complexity index is 1030. The summed E-state index contributed by atoms with van der Waals surface area (Å²) in [6, 6.07) is 15.2. The predicted molar refractivity (Wildman–Crippen MR) is 151 cm³/mol. The van der Waals surface area contributed by atoms with Crippen LogP contribution in [0.4, 0.5) is 0 Å². The largest absolute Gasteiger partial charge is 1.00 e. The van der Waals surface area contributed by atoms with E-state index in [4.69, 9.17) is 0 Å². The molecule has 4 heteroatoms. The number of halogens is 2. The van der Waals surface area contributed by atoms with Crippen LogP contribution in [0.5, 0.6) is 0 Å². The van der Waals surface area contributed by atoms with Gasteiger partial charge in [-0.2, -0.15) is 29.8 Å². The molecule has 0 unspecified atom stereocenters. The van der Waals surface area contributed by atoms with Crippen LogP contribution in [0.3, 0.4) is 0 Å². The topological polar surface area (TPSA) is 0 Å². The first-order valence-corrected chi connectivity index (χ1v) is 17.2. The fourth-order valence-corrected chi connectivity index (χ4v) is 5.20. The molecular weight excluding hydrogens is 575 g/mol. The summed E-state index contributed by atoms with van der Waals surface area (Å²) in [5.41, 5.74) is 8.70. The molecule has 0 aromatic heterocycles. The Morgan fingerprint density at radius 1 is 0.861 bits per heavy atom. The Morgan fingerprint density at radius 3 is 1.83 bits per heavy atom. The molecule has 0 atom stereocenters. The zero-order valence-corrected chi connectivity index (χ0v) is 29.2. The first-order valence-electron chi connectivity index (χ1n) is 12.5. The number of allylic oxidation sites excluding steroid dienone is 4. The fourth-order valence-electron chi connectivity index (χ4n) is 3.95. The third-order valence-electron chi connectivity index (χ3n) is 6.03. The van der Waals surface area contributed by atoms with Gasteiger partial charge in [0.25, 0.3) is 0 Å². The molecule has 196 valence electrons. The van der Waals surface area contributed by atoms with Crippen LogP contribution in [0.25, 0.3) is 11.1 Å². The van der Waals surface area contributed by atoms with Gasteiger partial charge in [0.2, 0.25) is 0 Å². The van der Waals surface area contributed by atoms with E-state index in [1.807, 2.05) is 0 Å². The molecule has 0 saturated heterocycles. The van der Waals surface area contributed by atoms with Crippen molar-refractivity contribution >= 4 is 11.3 Å². The molecule has 0 bridgehead atoms. The van der Waals surface area contributed by atoms with E-state index in [9.17, 15) is 0 Å². The number of fused-ring (bicyclic) bond motifs is 3. The van der Waals surface area contributed by atoms with Crippen molar-refractivity contribution in [3.05, 3.63) is 82.1 Å². The molecule has 2 aromatic rings. The van der Waals surface area contributed by atoms with Gasteiger partial charge in [0.1, 0.15) is 0 Å². The van der Waals surface area contributed by atoms with Crippen LogP contribution < -0.4 is 24.8 Å². The monoisotopic (exact) mass is 616 g/mol. The minimum atomic E-state index is -0.981. The van der Waals surface area contributed by atoms with E-state index in [-0.39, 0.29) is 35.6 Å². The summed E-state index contributed by atoms with van der Waals surface area (Å²) in [5, 5.41) is 1.56. The number of benzene rings is 2. The molecule has 2 aliphatic rings. The van der Waals surface area contributed by atoms with E-state index in [0.29, 0.717) is 0 Å². The second-order valence-corrected chi connectivity index (χ2v) is 20.3. The van der Waals surface area contributed by atoms with Crippen LogP contribution in [-0.4, -0.2) is 11.3 Å². The van der Waals surface area contributed by atoms with Gasteiger partial charge >= 0.3 is 41.3 Å². The zero-order valence-electron chi connectivity index (χ0n) is 24.2. The molecular formula is C32H44Cl2SiZr-2. The van der Waals surface area contributed by atoms with Gasteiger partial charge in [0.05, 0.1) is 0 Å². The maximum absolute atomic E-state index is 3.67. The Morgan fingerprint density at radius 2 is 1.42 bits per heavy atom. The van der Waals surface area contributed by atoms with E-state index in [1.165, 1.54) is 36.6 Å². The predicted octanol–water partition coefficient (Wildman–Crippen LogP) is 2.96. The van der Waals surface area contributed by atoms with E-state index in [0.717, 1.165) is 12.8 Å². The summed E-state index contributed by atoms with van der Waals surface area (Å²) < 4.78 is 1.51. The average molecular weight is 619 g/mol. The van der Waals surface area contributed by atoms with Crippen LogP contribution in [0.15, 0.2) is 47.7 Å². The van der Waals surface area contributed by atoms with Crippen molar-refractivity contribution in [2.45, 2.75) is 98.7 Å². The minimum Gasteiger partial charge on any atom is -1.00 e. The summed E-state index contributed by atoms with van der Waals surface area (Å²) in [7, 11) is -0.981. The molecule has 0 fully saturated rings. The van der Waals surface area contributed by atoms with Crippen molar-refractivity contribution in [1.29, 1.82) is 0 Å². The third-order valence-corrected chi connectivity index (χ3v) is 8.11. The molecule has 2 aromatic carbocycles. The number of rotatable bonds is 1. The molecule has 36 heavy (non-hydrogen) atoms. The SMILES string of the molecule is CC(C)(C)c1[c-]c2c(cc1)-c1ccc(C(C)(C)C)cc1C2.C[C](C)=[Zr+2].C[Si](C)(C)C1=CC[C-]=C1.[Cl-].[Cl-]. The van der Waals surface area contributed by atoms with Gasteiger partial charge in [-0.25, -0.2) is 11.3 Å². The van der Waals surface area contributed by atoms with Crippen molar-refractivity contribution in [1.82, 2.24) is 0 Å². The smallest absolute Gasteiger partial charge is 0.0114 e. The molecule has 0 aliphatic heterocycles. The first-order chi connectivity index (χ1) is 15.5. The van der Waals surface area contributed by atoms with Gasteiger partial charge in [-0.15, -0.1) is 17.5 Å². The second kappa shape index (κ2) is 14.0. The standard InChI is InChI=1S/C21H25.C8H13Si.C3H6.2ClH.Zr/c1-20(2,3)16-7-9-18-14(12-16)11-15-13-17(21(4,5)6)8-10-19(15)18;1-9(2,3)8-6-4-5-7-8;1-3-2;;;/h7-10,12H,11H2,1-6H3;6-7H,4H2,1-3H3;1-2H3;2*1H;/q2*-1;;;;+2/p-2. The first kappa shape index (κ1) is 35.5. The summed E-state index contributed by atoms with van der Waals surface area (Å²) in [5.74, 6) is 0. The van der Waals surface area contributed by atoms with Gasteiger partial charge in [0.15, 0.2) is 0 Å². The fraction of sp³-hybridized carbons (Fsp3) is 0.469. The van der Waals surface area contributed by atoms with E-state index in [2.05, 4.69) is 130 Å². The van der Waals surface area contributed by atoms with Gasteiger partial charge in [-0.05, 0) is 36.5 Å². The van der Waals surface area contributed by atoms with Crippen LogP contribution in [0.2, 0.25) is 19.6 Å². The maximum atomic E-state index is 3.67. The summed E-state index contributed by atoms with van der Waals surface area (Å²) in [6.07, 6.45) is 9.72. The summed E-state index contributed by atoms with van der Waals surface area (Å²) in [4.78, 5) is 0. The van der Waals surface area contributed by atoms with E-state index in [1.54, 1.807) is 29.4 Å². The summed E-state index contributed by atoms with van der Waals surface area (Å²) in [6.45, 7) is 24.9. The van der Waals surface area contributed by atoms with Gasteiger partial charge in [0, 0.05) is 0 Å². The molecule has 0 spiro atoms. The van der Waals surface area contributed by atoms with Gasteiger partial charge in [-0.3, -0.25) is 6.08 Å². The Hall–Kier alpha value is -0.530. The molecule has 0 N–H and O–H groups in total. The van der Waals surface area contributed by atoms with E-state index >= 15 is 0 Å². The molecule has 2 aliphatic carbocycles. The third kappa shape index (κ3) is 10.3. The van der Waals surface area contributed by atoms with Crippen LogP contribution in [0.1, 0.15) is 84.1 Å². The van der Waals surface area contributed by atoms with Crippen LogP contribution >= 0.6 is 0 Å². The van der Waals surface area contributed by atoms with Gasteiger partial charge in [-0.1, -0.05) is 84.9 Å². The molecule has 0 heterocycles. The average Bonchev–Trinajstić information content (AvgIpc) is 3.33. The maximum Gasteiger partial charge on any atom is -0.0114 e. The number of hydrogen-bond donors (Lipinski definition) is 0. The van der Waals surface area contributed by atoms with Crippen molar-refractivity contribution in [3.63, 3.8) is 0 Å². The number of hydrogen-bond acceptors (Lipinski definition) is 0. The van der Waals surface area contributed by atoms with Crippen molar-refractivity contribution in [3.8, 4) is 11.1 Å². The summed E-state index contributed by atoms with van der Waals surface area (Å²) >= 11 is 1.55. The van der Waals surface area contributed by atoms with Gasteiger partial charge < -0.3 is 24.8 Å². The Labute approximate surface area is 250 Å². The van der Waals surface area contributed by atoms with Crippen molar-refractivity contribution < 1.29 is 49.0 Å². The molecule has 0 radical (unpaired) electrons. The Kier molecular flexibility index (Phi) is 13.8. The van der Waals surface area contributed by atoms with E-state index < -0.39 is 8.07 Å². The minimum absolute atomic E-state index is 0.